The fourth-order valence-corrected chi connectivity index (χ4v) is 3.26. The van der Waals surface area contributed by atoms with Crippen molar-refractivity contribution in [1.29, 1.82) is 0 Å². The molecule has 0 saturated heterocycles. The van der Waals surface area contributed by atoms with Crippen molar-refractivity contribution >= 4 is 17.5 Å². The number of hydrogen-bond donors (Lipinski definition) is 1. The van der Waals surface area contributed by atoms with Crippen LogP contribution in [0.1, 0.15) is 56.0 Å². The average Bonchev–Trinajstić information content (AvgIpc) is 2.82. The Bertz CT molecular complexity index is 986. The van der Waals surface area contributed by atoms with Crippen LogP contribution >= 0.6 is 0 Å². The van der Waals surface area contributed by atoms with Crippen LogP contribution in [0.25, 0.3) is 0 Å². The Labute approximate surface area is 206 Å². The summed E-state index contributed by atoms with van der Waals surface area (Å²) in [5, 5.41) is 0. The number of methoxy groups -OCH3 is 1. The number of carbonyl (C=O) groups excluding carboxylic acids is 3. The van der Waals surface area contributed by atoms with Gasteiger partial charge in [-0.3, -0.25) is 15.3 Å². The topological polar surface area (TPSA) is 114 Å². The number of ether oxygens (including phenoxy) is 4. The predicted octanol–water partition coefficient (Wildman–Crippen LogP) is 3.70. The number of hydrogen-bond acceptors (Lipinski definition) is 8. The van der Waals surface area contributed by atoms with E-state index in [0.29, 0.717) is 42.7 Å². The summed E-state index contributed by atoms with van der Waals surface area (Å²) in [5.41, 5.74) is 5.05. The highest BCUT2D eigenvalue weighted by Gasteiger charge is 2.28. The van der Waals surface area contributed by atoms with E-state index >= 15 is 0 Å². The molecular weight excluding hydrogens is 450 g/mol. The molecule has 0 aliphatic rings. The smallest absolute Gasteiger partial charge is 0.345 e. The summed E-state index contributed by atoms with van der Waals surface area (Å²) in [6.07, 6.45) is 1.70. The number of rotatable bonds is 15. The van der Waals surface area contributed by atoms with Crippen LogP contribution in [0.5, 0.6) is 5.75 Å². The van der Waals surface area contributed by atoms with Crippen molar-refractivity contribution in [3.05, 3.63) is 65.7 Å². The van der Waals surface area contributed by atoms with Crippen LogP contribution in [0.3, 0.4) is 0 Å². The molecule has 0 radical (unpaired) electrons. The Morgan fingerprint density at radius 2 is 1.57 bits per heavy atom. The Kier molecular flexibility index (Phi) is 10.6. The molecule has 0 aliphatic carbocycles. The van der Waals surface area contributed by atoms with E-state index in [4.69, 9.17) is 24.7 Å². The van der Waals surface area contributed by atoms with E-state index in [2.05, 4.69) is 0 Å². The van der Waals surface area contributed by atoms with Gasteiger partial charge in [-0.05, 0) is 45.7 Å². The van der Waals surface area contributed by atoms with E-state index < -0.39 is 17.3 Å². The number of unbranched alkanes of at least 4 members (excludes halogenated alkanes) is 1. The summed E-state index contributed by atoms with van der Waals surface area (Å²) in [7, 11) is 1.46. The molecular formula is C27H35NO7. The average molecular weight is 486 g/mol. The first-order valence-corrected chi connectivity index (χ1v) is 11.5. The quantitative estimate of drug-likeness (QED) is 0.176. The lowest BCUT2D eigenvalue weighted by atomic mass is 10.0. The molecule has 8 nitrogen and oxygen atoms in total. The zero-order valence-corrected chi connectivity index (χ0v) is 20.9. The lowest BCUT2D eigenvalue weighted by Crippen LogP contribution is -2.42. The summed E-state index contributed by atoms with van der Waals surface area (Å²) in [5.74, 6) is -0.501. The van der Waals surface area contributed by atoms with Gasteiger partial charge in [0.1, 0.15) is 18.0 Å². The summed E-state index contributed by atoms with van der Waals surface area (Å²) in [4.78, 5) is 36.8. The van der Waals surface area contributed by atoms with E-state index in [0.717, 1.165) is 0 Å². The van der Waals surface area contributed by atoms with Gasteiger partial charge in [-0.15, -0.1) is 0 Å². The van der Waals surface area contributed by atoms with Gasteiger partial charge in [0, 0.05) is 31.3 Å². The minimum absolute atomic E-state index is 0.000475. The molecule has 0 fully saturated rings. The molecule has 2 N–H and O–H groups in total. The van der Waals surface area contributed by atoms with Crippen LogP contribution < -0.4 is 10.5 Å². The van der Waals surface area contributed by atoms with Crippen LogP contribution in [0.15, 0.2) is 54.6 Å². The van der Waals surface area contributed by atoms with Gasteiger partial charge in [0.2, 0.25) is 0 Å². The summed E-state index contributed by atoms with van der Waals surface area (Å²) in [6, 6.07) is 15.5. The highest BCUT2D eigenvalue weighted by Crippen LogP contribution is 2.18. The predicted molar refractivity (Wildman–Crippen MR) is 131 cm³/mol. The normalized spacial score (nSPS) is 13.1. The first-order chi connectivity index (χ1) is 16.5. The van der Waals surface area contributed by atoms with Crippen molar-refractivity contribution in [1.82, 2.24) is 0 Å². The molecule has 0 heterocycles. The van der Waals surface area contributed by atoms with Crippen molar-refractivity contribution in [2.45, 2.75) is 51.4 Å². The summed E-state index contributed by atoms with van der Waals surface area (Å²) in [6.45, 7) is 5.06. The van der Waals surface area contributed by atoms with Crippen LogP contribution in [0.4, 0.5) is 0 Å². The van der Waals surface area contributed by atoms with Gasteiger partial charge in [-0.2, -0.15) is 0 Å². The van der Waals surface area contributed by atoms with Crippen molar-refractivity contribution in [2.24, 2.45) is 5.73 Å². The first-order valence-electron chi connectivity index (χ1n) is 11.5. The van der Waals surface area contributed by atoms with Crippen LogP contribution in [0, 0.1) is 0 Å². The molecule has 190 valence electrons. The maximum absolute atomic E-state index is 12.6. The number of nitrogens with two attached hydrogens (primary N) is 1. The second-order valence-electron chi connectivity index (χ2n) is 8.97. The Hall–Kier alpha value is -3.07. The number of esters is 1. The molecule has 8 heteroatoms. The fraction of sp³-hybridized carbons (Fsp3) is 0.444. The van der Waals surface area contributed by atoms with E-state index in [1.165, 1.54) is 7.11 Å². The second kappa shape index (κ2) is 13.1. The van der Waals surface area contributed by atoms with E-state index in [-0.39, 0.29) is 24.8 Å². The number of benzene rings is 2. The zero-order chi connectivity index (χ0) is 25.9. The Morgan fingerprint density at radius 1 is 0.886 bits per heavy atom. The third kappa shape index (κ3) is 9.60. The van der Waals surface area contributed by atoms with Gasteiger partial charge < -0.3 is 18.9 Å². The Balaban J connectivity index is 1.75. The molecule has 0 aliphatic heterocycles. The highest BCUT2D eigenvalue weighted by atomic mass is 16.6. The standard InChI is InChI=1S/C27H35NO7/c1-26(2,23(29)18-32-4)34-16-9-8-15-27(3,28)35-24(30)19-33-22-14-10-13-21(17-22)25(31)20-11-6-5-7-12-20/h5-7,10-14,17H,8-9,15-16,18-19,28H2,1-4H3. The zero-order valence-electron chi connectivity index (χ0n) is 20.9. The fourth-order valence-electron chi connectivity index (χ4n) is 3.26. The van der Waals surface area contributed by atoms with Crippen molar-refractivity contribution in [3.8, 4) is 5.75 Å². The molecule has 0 saturated carbocycles. The number of carbonyl (C=O) groups is 3. The SMILES string of the molecule is COCC(=O)C(C)(C)OCCCCC(C)(N)OC(=O)COc1cccc(C(=O)c2ccccc2)c1. The van der Waals surface area contributed by atoms with Gasteiger partial charge in [-0.25, -0.2) is 4.79 Å². The minimum Gasteiger partial charge on any atom is -0.482 e. The van der Waals surface area contributed by atoms with Gasteiger partial charge in [0.25, 0.3) is 0 Å². The van der Waals surface area contributed by atoms with E-state index in [1.54, 1.807) is 69.3 Å². The molecule has 2 aromatic carbocycles. The van der Waals surface area contributed by atoms with Gasteiger partial charge >= 0.3 is 5.97 Å². The van der Waals surface area contributed by atoms with E-state index in [9.17, 15) is 14.4 Å². The van der Waals surface area contributed by atoms with Crippen molar-refractivity contribution in [3.63, 3.8) is 0 Å². The van der Waals surface area contributed by atoms with Gasteiger partial charge in [-0.1, -0.05) is 42.5 Å². The van der Waals surface area contributed by atoms with Crippen molar-refractivity contribution < 1.29 is 33.3 Å². The van der Waals surface area contributed by atoms with E-state index in [1.807, 2.05) is 6.07 Å². The minimum atomic E-state index is -1.17. The highest BCUT2D eigenvalue weighted by molar-refractivity contribution is 6.09. The van der Waals surface area contributed by atoms with Crippen LogP contribution in [0.2, 0.25) is 0 Å². The maximum atomic E-state index is 12.6. The largest absolute Gasteiger partial charge is 0.482 e. The van der Waals surface area contributed by atoms with Gasteiger partial charge in [0.15, 0.2) is 23.9 Å². The molecule has 0 bridgehead atoms. The van der Waals surface area contributed by atoms with Gasteiger partial charge in [0.05, 0.1) is 0 Å². The third-order valence-electron chi connectivity index (χ3n) is 5.31. The third-order valence-corrected chi connectivity index (χ3v) is 5.31. The second-order valence-corrected chi connectivity index (χ2v) is 8.97. The van der Waals surface area contributed by atoms with Crippen molar-refractivity contribution in [2.75, 3.05) is 26.9 Å². The molecule has 0 amide bonds. The van der Waals surface area contributed by atoms with Crippen LogP contribution in [-0.2, 0) is 23.8 Å². The van der Waals surface area contributed by atoms with Crippen LogP contribution in [-0.4, -0.2) is 55.8 Å². The molecule has 2 rings (SSSR count). The number of Topliss-reactive ketones (excluding diaryl/α,β-unsaturated/α-hetero) is 1. The maximum Gasteiger partial charge on any atom is 0.345 e. The molecule has 0 aromatic heterocycles. The number of ketones is 2. The first kappa shape index (κ1) is 28.2. The Morgan fingerprint density at radius 3 is 2.26 bits per heavy atom. The molecule has 2 aromatic rings. The summed E-state index contributed by atoms with van der Waals surface area (Å²) < 4.78 is 21.4. The molecule has 1 atom stereocenters. The lowest BCUT2D eigenvalue weighted by molar-refractivity contribution is -0.161. The monoisotopic (exact) mass is 485 g/mol. The summed E-state index contributed by atoms with van der Waals surface area (Å²) >= 11 is 0. The molecule has 1 unspecified atom stereocenters. The molecule has 0 spiro atoms. The molecule has 35 heavy (non-hydrogen) atoms. The lowest BCUT2D eigenvalue weighted by Gasteiger charge is -2.26.